The largest absolute Gasteiger partial charge is 0.370 e. The number of H-pyrrole nitrogens is 2. The molecule has 1 saturated heterocycles. The van der Waals surface area contributed by atoms with Crippen molar-refractivity contribution in [3.05, 3.63) is 39.3 Å². The van der Waals surface area contributed by atoms with Gasteiger partial charge < -0.3 is 9.88 Å². The molecule has 7 heteroatoms. The Balaban J connectivity index is 2.14. The molecule has 1 aliphatic heterocycles. The van der Waals surface area contributed by atoms with Gasteiger partial charge in [0.15, 0.2) is 0 Å². The summed E-state index contributed by atoms with van der Waals surface area (Å²) in [6.45, 7) is 1.89. The van der Waals surface area contributed by atoms with Crippen LogP contribution in [0.5, 0.6) is 0 Å². The van der Waals surface area contributed by atoms with Crippen molar-refractivity contribution in [3.8, 4) is 11.3 Å². The molecule has 0 atom stereocenters. The summed E-state index contributed by atoms with van der Waals surface area (Å²) in [5.74, 6) is 0. The zero-order valence-electron chi connectivity index (χ0n) is 10.2. The van der Waals surface area contributed by atoms with E-state index >= 15 is 0 Å². The molecule has 1 fully saturated rings. The minimum absolute atomic E-state index is 0.328. The molecule has 0 unspecified atom stereocenters. The van der Waals surface area contributed by atoms with Gasteiger partial charge in [-0.3, -0.25) is 9.78 Å². The van der Waals surface area contributed by atoms with Crippen LogP contribution in [0.2, 0.25) is 0 Å². The average Bonchev–Trinajstić information content (AvgIpc) is 2.93. The summed E-state index contributed by atoms with van der Waals surface area (Å²) >= 11 is 0. The van der Waals surface area contributed by atoms with Gasteiger partial charge >= 0.3 is 5.69 Å². The van der Waals surface area contributed by atoms with E-state index in [2.05, 4.69) is 25.1 Å². The van der Waals surface area contributed by atoms with Gasteiger partial charge in [0, 0.05) is 19.3 Å². The molecule has 0 bridgehead atoms. The summed E-state index contributed by atoms with van der Waals surface area (Å²) in [4.78, 5) is 29.7. The molecule has 2 N–H and O–H groups in total. The highest BCUT2D eigenvalue weighted by Crippen LogP contribution is 2.27. The van der Waals surface area contributed by atoms with Gasteiger partial charge in [0.1, 0.15) is 5.69 Å². The van der Waals surface area contributed by atoms with Gasteiger partial charge in [-0.1, -0.05) is 0 Å². The van der Waals surface area contributed by atoms with E-state index in [1.165, 1.54) is 6.20 Å². The van der Waals surface area contributed by atoms with Crippen molar-refractivity contribution in [2.75, 3.05) is 18.0 Å². The molecule has 2 aromatic heterocycles. The summed E-state index contributed by atoms with van der Waals surface area (Å²) in [7, 11) is 0. The van der Waals surface area contributed by atoms with Crippen LogP contribution in [0.25, 0.3) is 11.3 Å². The van der Waals surface area contributed by atoms with Gasteiger partial charge in [0.2, 0.25) is 0 Å². The Morgan fingerprint density at radius 2 is 2.00 bits per heavy atom. The first kappa shape index (κ1) is 11.6. The van der Waals surface area contributed by atoms with Crippen LogP contribution < -0.4 is 16.1 Å². The van der Waals surface area contributed by atoms with E-state index in [4.69, 9.17) is 0 Å². The van der Waals surface area contributed by atoms with Crippen molar-refractivity contribution < 1.29 is 0 Å². The predicted molar refractivity (Wildman–Crippen MR) is 70.2 cm³/mol. The minimum atomic E-state index is -0.527. The van der Waals surface area contributed by atoms with Gasteiger partial charge in [0.25, 0.3) is 5.56 Å². The van der Waals surface area contributed by atoms with Crippen LogP contribution in [0.4, 0.5) is 5.69 Å². The fourth-order valence-electron chi connectivity index (χ4n) is 2.32. The second-order valence-electron chi connectivity index (χ2n) is 4.44. The topological polar surface area (TPSA) is 94.7 Å². The number of hydrogen-bond acceptors (Lipinski definition) is 5. The molecule has 19 heavy (non-hydrogen) atoms. The summed E-state index contributed by atoms with van der Waals surface area (Å²) in [6, 6.07) is 1.85. The van der Waals surface area contributed by atoms with E-state index in [9.17, 15) is 9.59 Å². The molecule has 7 nitrogen and oxygen atoms in total. The van der Waals surface area contributed by atoms with Crippen molar-refractivity contribution in [1.82, 2.24) is 20.2 Å². The predicted octanol–water partition coefficient (Wildman–Crippen LogP) is 0.120. The smallest absolute Gasteiger partial charge is 0.325 e. The van der Waals surface area contributed by atoms with Crippen LogP contribution in [-0.2, 0) is 0 Å². The Morgan fingerprint density at radius 1 is 1.21 bits per heavy atom. The number of aromatic amines is 2. The maximum Gasteiger partial charge on any atom is 0.325 e. The van der Waals surface area contributed by atoms with E-state index in [0.717, 1.165) is 31.6 Å². The Bertz CT molecular complexity index is 700. The average molecular weight is 259 g/mol. The third kappa shape index (κ3) is 2.14. The van der Waals surface area contributed by atoms with Gasteiger partial charge in [-0.25, -0.2) is 4.79 Å². The van der Waals surface area contributed by atoms with E-state index < -0.39 is 11.2 Å². The molecule has 2 aromatic rings. The lowest BCUT2D eigenvalue weighted by atomic mass is 10.2. The maximum absolute atomic E-state index is 11.8. The van der Waals surface area contributed by atoms with Crippen LogP contribution in [0.3, 0.4) is 0 Å². The van der Waals surface area contributed by atoms with E-state index in [1.807, 2.05) is 6.07 Å². The third-order valence-corrected chi connectivity index (χ3v) is 3.22. The molecule has 0 aliphatic carbocycles. The highest BCUT2D eigenvalue weighted by Gasteiger charge is 2.19. The molecule has 1 aliphatic rings. The Hall–Kier alpha value is -2.44. The Labute approximate surface area is 108 Å². The lowest BCUT2D eigenvalue weighted by Gasteiger charge is -2.19. The van der Waals surface area contributed by atoms with E-state index in [-0.39, 0.29) is 0 Å². The molecule has 3 heterocycles. The number of nitrogens with one attached hydrogen (secondary N) is 2. The molecule has 0 radical (unpaired) electrons. The molecular weight excluding hydrogens is 246 g/mol. The standard InChI is InChI=1S/C12H13N5O2/c18-11-8(7-13-12(19)15-11)10-9(3-4-14-16-10)17-5-1-2-6-17/h3-4,7H,1-2,5-6H2,(H2,13,15,18,19). The summed E-state index contributed by atoms with van der Waals surface area (Å²) < 4.78 is 0. The summed E-state index contributed by atoms with van der Waals surface area (Å²) in [5, 5.41) is 7.89. The fraction of sp³-hybridized carbons (Fsp3) is 0.333. The first-order chi connectivity index (χ1) is 9.25. The summed E-state index contributed by atoms with van der Waals surface area (Å²) in [5.41, 5.74) is 0.728. The van der Waals surface area contributed by atoms with Crippen LogP contribution in [-0.4, -0.2) is 33.3 Å². The molecule has 0 amide bonds. The first-order valence-corrected chi connectivity index (χ1v) is 6.15. The zero-order chi connectivity index (χ0) is 13.2. The number of hydrogen-bond donors (Lipinski definition) is 2. The number of anilines is 1. The van der Waals surface area contributed by atoms with E-state index in [0.29, 0.717) is 11.3 Å². The fourth-order valence-corrected chi connectivity index (χ4v) is 2.32. The van der Waals surface area contributed by atoms with Crippen molar-refractivity contribution in [2.24, 2.45) is 0 Å². The normalized spacial score (nSPS) is 14.8. The highest BCUT2D eigenvalue weighted by molar-refractivity contribution is 5.73. The number of rotatable bonds is 2. The van der Waals surface area contributed by atoms with Crippen molar-refractivity contribution >= 4 is 5.69 Å². The molecule has 98 valence electrons. The lowest BCUT2D eigenvalue weighted by Crippen LogP contribution is -2.25. The third-order valence-electron chi connectivity index (χ3n) is 3.22. The van der Waals surface area contributed by atoms with Crippen molar-refractivity contribution in [2.45, 2.75) is 12.8 Å². The maximum atomic E-state index is 11.8. The number of aromatic nitrogens is 4. The molecule has 0 saturated carbocycles. The summed E-state index contributed by atoms with van der Waals surface area (Å²) in [6.07, 6.45) is 5.25. The molecule has 0 aromatic carbocycles. The monoisotopic (exact) mass is 259 g/mol. The van der Waals surface area contributed by atoms with Crippen LogP contribution in [0.1, 0.15) is 12.8 Å². The Kier molecular flexibility index (Phi) is 2.86. The molecular formula is C12H13N5O2. The van der Waals surface area contributed by atoms with E-state index in [1.54, 1.807) is 6.20 Å². The van der Waals surface area contributed by atoms with Gasteiger partial charge in [0.05, 0.1) is 17.4 Å². The highest BCUT2D eigenvalue weighted by atomic mass is 16.2. The number of nitrogens with zero attached hydrogens (tertiary/aromatic N) is 3. The second-order valence-corrected chi connectivity index (χ2v) is 4.44. The van der Waals surface area contributed by atoms with Crippen LogP contribution >= 0.6 is 0 Å². The Morgan fingerprint density at radius 3 is 2.74 bits per heavy atom. The second kappa shape index (κ2) is 4.68. The van der Waals surface area contributed by atoms with Crippen molar-refractivity contribution in [1.29, 1.82) is 0 Å². The van der Waals surface area contributed by atoms with Gasteiger partial charge in [-0.05, 0) is 18.9 Å². The van der Waals surface area contributed by atoms with Crippen LogP contribution in [0.15, 0.2) is 28.0 Å². The van der Waals surface area contributed by atoms with Crippen molar-refractivity contribution in [3.63, 3.8) is 0 Å². The first-order valence-electron chi connectivity index (χ1n) is 6.15. The minimum Gasteiger partial charge on any atom is -0.370 e. The van der Waals surface area contributed by atoms with Crippen LogP contribution in [0, 0.1) is 0 Å². The molecule has 0 spiro atoms. The van der Waals surface area contributed by atoms with Gasteiger partial charge in [-0.2, -0.15) is 5.10 Å². The SMILES string of the molecule is O=c1[nH]cc(-c2nnccc2N2CCCC2)c(=O)[nH]1. The molecule has 3 rings (SSSR count). The van der Waals surface area contributed by atoms with Gasteiger partial charge in [-0.15, -0.1) is 5.10 Å². The lowest BCUT2D eigenvalue weighted by molar-refractivity contribution is 0.935. The quantitative estimate of drug-likeness (QED) is 0.798. The zero-order valence-corrected chi connectivity index (χ0v) is 10.2.